The minimum atomic E-state index is -1.31. The average molecular weight is 334 g/mol. The standard InChI is InChI=1S/C16H30O7/c1-15(2,3)16(14(17)18)4-5-19-6-7-20-8-9-21-10-11-22-12-13-23-16/h4-13H2,1-3H3,(H,17,18). The molecule has 1 atom stereocenters. The highest BCUT2D eigenvalue weighted by Crippen LogP contribution is 2.37. The van der Waals surface area contributed by atoms with Crippen LogP contribution in [-0.2, 0) is 28.5 Å². The van der Waals surface area contributed by atoms with Gasteiger partial charge >= 0.3 is 5.97 Å². The molecule has 0 aliphatic carbocycles. The highest BCUT2D eigenvalue weighted by atomic mass is 16.6. The largest absolute Gasteiger partial charge is 0.479 e. The van der Waals surface area contributed by atoms with Gasteiger partial charge in [-0.3, -0.25) is 0 Å². The van der Waals surface area contributed by atoms with Crippen LogP contribution in [0.1, 0.15) is 27.2 Å². The Labute approximate surface area is 138 Å². The van der Waals surface area contributed by atoms with Gasteiger partial charge in [-0.15, -0.1) is 0 Å². The fraction of sp³-hybridized carbons (Fsp3) is 0.938. The van der Waals surface area contributed by atoms with Gasteiger partial charge < -0.3 is 28.8 Å². The van der Waals surface area contributed by atoms with E-state index in [0.29, 0.717) is 52.9 Å². The number of hydrogen-bond acceptors (Lipinski definition) is 6. The molecular weight excluding hydrogens is 304 g/mol. The number of hydrogen-bond donors (Lipinski definition) is 1. The molecule has 1 heterocycles. The maximum absolute atomic E-state index is 11.9. The van der Waals surface area contributed by atoms with Gasteiger partial charge in [0.25, 0.3) is 0 Å². The van der Waals surface area contributed by atoms with Gasteiger partial charge in [0.2, 0.25) is 0 Å². The van der Waals surface area contributed by atoms with E-state index >= 15 is 0 Å². The first-order valence-corrected chi connectivity index (χ1v) is 8.08. The molecule has 0 aromatic carbocycles. The van der Waals surface area contributed by atoms with Crippen LogP contribution in [-0.4, -0.2) is 76.1 Å². The van der Waals surface area contributed by atoms with Crippen molar-refractivity contribution in [1.82, 2.24) is 0 Å². The van der Waals surface area contributed by atoms with E-state index in [9.17, 15) is 9.90 Å². The Bertz CT molecular complexity index is 322. The fourth-order valence-electron chi connectivity index (χ4n) is 2.41. The summed E-state index contributed by atoms with van der Waals surface area (Å²) in [6.07, 6.45) is 0.273. The van der Waals surface area contributed by atoms with Crippen molar-refractivity contribution in [1.29, 1.82) is 0 Å². The van der Waals surface area contributed by atoms with E-state index in [4.69, 9.17) is 23.7 Å². The van der Waals surface area contributed by atoms with Crippen LogP contribution in [0, 0.1) is 5.41 Å². The van der Waals surface area contributed by atoms with Crippen LogP contribution in [0.2, 0.25) is 0 Å². The molecule has 23 heavy (non-hydrogen) atoms. The Morgan fingerprint density at radius 3 is 1.57 bits per heavy atom. The predicted octanol–water partition coefficient (Wildman–Crippen LogP) is 1.34. The number of rotatable bonds is 1. The summed E-state index contributed by atoms with van der Waals surface area (Å²) in [6.45, 7) is 9.23. The van der Waals surface area contributed by atoms with Gasteiger partial charge in [0, 0.05) is 11.8 Å². The van der Waals surface area contributed by atoms with Gasteiger partial charge in [0.05, 0.1) is 59.5 Å². The lowest BCUT2D eigenvalue weighted by molar-refractivity contribution is -0.191. The number of aliphatic carboxylic acids is 1. The van der Waals surface area contributed by atoms with Crippen molar-refractivity contribution in [2.45, 2.75) is 32.8 Å². The first-order valence-electron chi connectivity index (χ1n) is 8.08. The van der Waals surface area contributed by atoms with Crippen LogP contribution in [0.25, 0.3) is 0 Å². The van der Waals surface area contributed by atoms with E-state index in [2.05, 4.69) is 0 Å². The second kappa shape index (κ2) is 10.2. The molecule has 0 aromatic heterocycles. The maximum atomic E-state index is 11.9. The average Bonchev–Trinajstić information content (AvgIpc) is 2.45. The molecule has 1 saturated heterocycles. The summed E-state index contributed by atoms with van der Waals surface area (Å²) in [6, 6.07) is 0. The van der Waals surface area contributed by atoms with Crippen LogP contribution < -0.4 is 0 Å². The third-order valence-corrected chi connectivity index (χ3v) is 3.85. The minimum Gasteiger partial charge on any atom is -0.479 e. The zero-order valence-electron chi connectivity index (χ0n) is 14.5. The van der Waals surface area contributed by atoms with Crippen molar-refractivity contribution in [2.24, 2.45) is 5.41 Å². The summed E-state index contributed by atoms with van der Waals surface area (Å²) in [5, 5.41) is 9.75. The van der Waals surface area contributed by atoms with Crippen molar-refractivity contribution in [3.63, 3.8) is 0 Å². The van der Waals surface area contributed by atoms with Crippen LogP contribution in [0.5, 0.6) is 0 Å². The molecule has 1 aliphatic heterocycles. The summed E-state index contributed by atoms with van der Waals surface area (Å²) in [5.74, 6) is -0.978. The van der Waals surface area contributed by atoms with Gasteiger partial charge in [0.1, 0.15) is 0 Å². The SMILES string of the molecule is CC(C)(C)C1(C(=O)O)CCOCCOCCOCCOCCO1. The Balaban J connectivity index is 2.67. The van der Waals surface area contributed by atoms with Gasteiger partial charge in [-0.2, -0.15) is 0 Å². The molecule has 0 aromatic rings. The van der Waals surface area contributed by atoms with E-state index in [1.165, 1.54) is 0 Å². The van der Waals surface area contributed by atoms with Crippen molar-refractivity contribution in [3.8, 4) is 0 Å². The van der Waals surface area contributed by atoms with Gasteiger partial charge in [0.15, 0.2) is 5.60 Å². The van der Waals surface area contributed by atoms with Crippen molar-refractivity contribution in [3.05, 3.63) is 0 Å². The van der Waals surface area contributed by atoms with E-state index < -0.39 is 17.0 Å². The quantitative estimate of drug-likeness (QED) is 0.775. The molecule has 1 rings (SSSR count). The lowest BCUT2D eigenvalue weighted by atomic mass is 9.74. The van der Waals surface area contributed by atoms with Crippen molar-refractivity contribution in [2.75, 3.05) is 59.5 Å². The van der Waals surface area contributed by atoms with Crippen LogP contribution in [0.15, 0.2) is 0 Å². The van der Waals surface area contributed by atoms with Crippen molar-refractivity contribution >= 4 is 5.97 Å². The molecule has 0 spiro atoms. The molecule has 1 unspecified atom stereocenters. The Morgan fingerprint density at radius 2 is 1.17 bits per heavy atom. The van der Waals surface area contributed by atoms with Gasteiger partial charge in [-0.1, -0.05) is 20.8 Å². The molecule has 0 amide bonds. The first-order chi connectivity index (χ1) is 10.9. The third-order valence-electron chi connectivity index (χ3n) is 3.85. The molecule has 1 fully saturated rings. The molecule has 7 nitrogen and oxygen atoms in total. The molecular formula is C16H30O7. The summed E-state index contributed by atoms with van der Waals surface area (Å²) < 4.78 is 27.4. The summed E-state index contributed by atoms with van der Waals surface area (Å²) in [4.78, 5) is 11.9. The molecule has 1 aliphatic rings. The lowest BCUT2D eigenvalue weighted by Crippen LogP contribution is -2.53. The summed E-state index contributed by atoms with van der Waals surface area (Å²) in [5.41, 5.74) is -1.89. The number of carboxylic acid groups (broad SMARTS) is 1. The van der Waals surface area contributed by atoms with E-state index in [-0.39, 0.29) is 13.0 Å². The smallest absolute Gasteiger partial charge is 0.336 e. The van der Waals surface area contributed by atoms with E-state index in [1.807, 2.05) is 20.8 Å². The minimum absolute atomic E-state index is 0.215. The fourth-order valence-corrected chi connectivity index (χ4v) is 2.41. The van der Waals surface area contributed by atoms with Crippen molar-refractivity contribution < 1.29 is 33.6 Å². The summed E-state index contributed by atoms with van der Waals surface area (Å²) in [7, 11) is 0. The third kappa shape index (κ3) is 6.73. The number of carbonyl (C=O) groups is 1. The monoisotopic (exact) mass is 334 g/mol. The predicted molar refractivity (Wildman–Crippen MR) is 83.7 cm³/mol. The first kappa shape index (κ1) is 20.3. The topological polar surface area (TPSA) is 83.5 Å². The highest BCUT2D eigenvalue weighted by Gasteiger charge is 2.49. The van der Waals surface area contributed by atoms with Crippen LogP contribution in [0.3, 0.4) is 0 Å². The Kier molecular flexibility index (Phi) is 9.01. The zero-order chi connectivity index (χ0) is 17.2. The van der Waals surface area contributed by atoms with Gasteiger partial charge in [-0.25, -0.2) is 4.79 Å². The van der Waals surface area contributed by atoms with E-state index in [1.54, 1.807) is 0 Å². The van der Waals surface area contributed by atoms with E-state index in [0.717, 1.165) is 0 Å². The maximum Gasteiger partial charge on any atom is 0.336 e. The molecule has 0 saturated carbocycles. The second-order valence-corrected chi connectivity index (χ2v) is 6.43. The second-order valence-electron chi connectivity index (χ2n) is 6.43. The molecule has 0 radical (unpaired) electrons. The molecule has 7 heteroatoms. The Morgan fingerprint density at radius 1 is 0.783 bits per heavy atom. The number of ether oxygens (including phenoxy) is 5. The normalized spacial score (nSPS) is 27.4. The number of carboxylic acids is 1. The van der Waals surface area contributed by atoms with Gasteiger partial charge in [-0.05, 0) is 0 Å². The Hall–Kier alpha value is -0.730. The van der Waals surface area contributed by atoms with Crippen LogP contribution >= 0.6 is 0 Å². The molecule has 1 N–H and O–H groups in total. The molecule has 0 bridgehead atoms. The molecule has 136 valence electrons. The summed E-state index contributed by atoms with van der Waals surface area (Å²) >= 11 is 0. The highest BCUT2D eigenvalue weighted by molar-refractivity contribution is 5.78. The lowest BCUT2D eigenvalue weighted by Gasteiger charge is -2.41. The van der Waals surface area contributed by atoms with Crippen LogP contribution in [0.4, 0.5) is 0 Å². The zero-order valence-corrected chi connectivity index (χ0v) is 14.5.